The number of hydrogen-bond acceptors (Lipinski definition) is 2. The van der Waals surface area contributed by atoms with Gasteiger partial charge in [-0.1, -0.05) is 71.7 Å². The Labute approximate surface area is 208 Å². The summed E-state index contributed by atoms with van der Waals surface area (Å²) >= 11 is 1.76. The van der Waals surface area contributed by atoms with E-state index < -0.39 is 4.75 Å². The maximum Gasteiger partial charge on any atom is 0.149 e. The van der Waals surface area contributed by atoms with Crippen LogP contribution in [0.3, 0.4) is 0 Å². The fourth-order valence-corrected chi connectivity index (χ4v) is 4.97. The molecule has 0 N–H and O–H groups in total. The van der Waals surface area contributed by atoms with Crippen molar-refractivity contribution in [1.82, 2.24) is 0 Å². The average Bonchev–Trinajstić information content (AvgIpc) is 2.76. The van der Waals surface area contributed by atoms with Crippen molar-refractivity contribution in [3.63, 3.8) is 0 Å². The smallest absolute Gasteiger partial charge is 0.149 e. The Morgan fingerprint density at radius 2 is 1.24 bits per heavy atom. The Bertz CT molecular complexity index is 791. The van der Waals surface area contributed by atoms with Crippen molar-refractivity contribution < 1.29 is 4.79 Å². The van der Waals surface area contributed by atoms with Crippen LogP contribution < -0.4 is 0 Å². The molecule has 33 heavy (non-hydrogen) atoms. The van der Waals surface area contributed by atoms with Gasteiger partial charge in [0, 0.05) is 11.3 Å². The van der Waals surface area contributed by atoms with Crippen LogP contribution in [0.1, 0.15) is 99.8 Å². The largest absolute Gasteiger partial charge is 0.298 e. The monoisotopic (exact) mass is 466 g/mol. The highest BCUT2D eigenvalue weighted by Gasteiger charge is 2.36. The van der Waals surface area contributed by atoms with Gasteiger partial charge in [-0.05, 0) is 98.6 Å². The molecule has 1 aromatic rings. The lowest BCUT2D eigenvalue weighted by Gasteiger charge is -2.31. The van der Waals surface area contributed by atoms with E-state index >= 15 is 0 Å². The van der Waals surface area contributed by atoms with Crippen LogP contribution in [-0.4, -0.2) is 10.5 Å². The fraction of sp³-hybridized carbons (Fsp3) is 0.516. The second-order valence-electron chi connectivity index (χ2n) is 9.73. The van der Waals surface area contributed by atoms with Gasteiger partial charge in [-0.15, -0.1) is 11.8 Å². The molecule has 182 valence electrons. The van der Waals surface area contributed by atoms with Gasteiger partial charge in [-0.2, -0.15) is 0 Å². The number of carbonyl (C=O) groups excluding carboxylic acids is 1. The molecule has 0 aromatic heterocycles. The zero-order valence-electron chi connectivity index (χ0n) is 22.2. The highest BCUT2D eigenvalue weighted by Crippen LogP contribution is 2.42. The number of hydrogen-bond donors (Lipinski definition) is 0. The van der Waals surface area contributed by atoms with Gasteiger partial charge >= 0.3 is 0 Å². The predicted octanol–water partition coefficient (Wildman–Crippen LogP) is 10.1. The van der Waals surface area contributed by atoms with Crippen molar-refractivity contribution >= 4 is 17.5 Å². The van der Waals surface area contributed by atoms with E-state index in [0.29, 0.717) is 12.2 Å². The first-order valence-corrected chi connectivity index (χ1v) is 13.4. The van der Waals surface area contributed by atoms with E-state index in [2.05, 4.69) is 97.0 Å². The quantitative estimate of drug-likeness (QED) is 0.189. The van der Waals surface area contributed by atoms with E-state index in [9.17, 15) is 4.79 Å². The third-order valence-electron chi connectivity index (χ3n) is 5.78. The lowest BCUT2D eigenvalue weighted by atomic mass is 9.90. The van der Waals surface area contributed by atoms with Gasteiger partial charge < -0.3 is 0 Å². The lowest BCUT2D eigenvalue weighted by molar-refractivity contribution is -0.121. The van der Waals surface area contributed by atoms with Crippen LogP contribution in [0, 0.1) is 0 Å². The Morgan fingerprint density at radius 3 is 1.67 bits per heavy atom. The van der Waals surface area contributed by atoms with Crippen LogP contribution in [0.25, 0.3) is 0 Å². The molecule has 0 fully saturated rings. The van der Waals surface area contributed by atoms with Gasteiger partial charge in [0.15, 0.2) is 0 Å². The molecule has 0 saturated heterocycles. The van der Waals surface area contributed by atoms with Crippen LogP contribution in [-0.2, 0) is 4.79 Å². The van der Waals surface area contributed by atoms with Crippen molar-refractivity contribution in [2.24, 2.45) is 0 Å². The molecule has 0 saturated carbocycles. The Morgan fingerprint density at radius 1 is 0.758 bits per heavy atom. The van der Waals surface area contributed by atoms with E-state index in [1.54, 1.807) is 11.8 Å². The van der Waals surface area contributed by atoms with E-state index in [1.807, 2.05) is 6.07 Å². The molecule has 0 heterocycles. The summed E-state index contributed by atoms with van der Waals surface area (Å²) in [6.07, 6.45) is 16.6. The van der Waals surface area contributed by atoms with Crippen LogP contribution in [0.2, 0.25) is 0 Å². The molecule has 0 aliphatic heterocycles. The van der Waals surface area contributed by atoms with Gasteiger partial charge in [-0.25, -0.2) is 0 Å². The van der Waals surface area contributed by atoms with E-state index in [4.69, 9.17) is 0 Å². The fourth-order valence-electron chi connectivity index (χ4n) is 3.68. The van der Waals surface area contributed by atoms with Crippen molar-refractivity contribution in [3.05, 3.63) is 76.9 Å². The van der Waals surface area contributed by atoms with E-state index in [0.717, 1.165) is 44.9 Å². The van der Waals surface area contributed by atoms with Crippen LogP contribution in [0.15, 0.2) is 81.8 Å². The summed E-state index contributed by atoms with van der Waals surface area (Å²) < 4.78 is -0.451. The first kappa shape index (κ1) is 29.2. The second kappa shape index (κ2) is 15.9. The summed E-state index contributed by atoms with van der Waals surface area (Å²) in [5.41, 5.74) is 5.48. The number of allylic oxidation sites excluding steroid dienone is 8. The molecule has 0 atom stereocenters. The average molecular weight is 467 g/mol. The molecule has 0 aliphatic rings. The number of Topliss-reactive ketones (excluding diaryl/α,β-unsaturated/α-hetero) is 1. The van der Waals surface area contributed by atoms with Gasteiger partial charge in [0.2, 0.25) is 0 Å². The molecule has 0 amide bonds. The molecule has 0 bridgehead atoms. The molecule has 1 aromatic carbocycles. The molecule has 0 radical (unpaired) electrons. The number of rotatable bonds is 15. The Hall–Kier alpha value is -1.80. The summed E-state index contributed by atoms with van der Waals surface area (Å²) in [6, 6.07) is 10.4. The highest BCUT2D eigenvalue weighted by molar-refractivity contribution is 8.01. The highest BCUT2D eigenvalue weighted by atomic mass is 32.2. The van der Waals surface area contributed by atoms with Gasteiger partial charge in [0.25, 0.3) is 0 Å². The third-order valence-corrected chi connectivity index (χ3v) is 7.24. The zero-order valence-corrected chi connectivity index (χ0v) is 23.0. The minimum atomic E-state index is -0.451. The van der Waals surface area contributed by atoms with Gasteiger partial charge in [0.05, 0.1) is 4.75 Å². The Kier molecular flexibility index (Phi) is 14.1. The molecule has 0 aliphatic carbocycles. The SMILES string of the molecule is CCCC(=O)C(C/C=C(/C)CCC=C(C)C)(C/C=C(/C)CCC=C(C)C)Sc1ccccc1. The topological polar surface area (TPSA) is 17.1 Å². The van der Waals surface area contributed by atoms with Gasteiger partial charge in [0.1, 0.15) is 5.78 Å². The summed E-state index contributed by atoms with van der Waals surface area (Å²) in [5.74, 6) is 0.376. The maximum absolute atomic E-state index is 13.6. The molecule has 0 spiro atoms. The van der Waals surface area contributed by atoms with Crippen LogP contribution in [0.4, 0.5) is 0 Å². The minimum absolute atomic E-state index is 0.376. The van der Waals surface area contributed by atoms with Crippen molar-refractivity contribution in [1.29, 1.82) is 0 Å². The number of benzene rings is 1. The first-order chi connectivity index (χ1) is 15.7. The number of thioether (sulfide) groups is 1. The molecule has 1 nitrogen and oxygen atoms in total. The Balaban J connectivity index is 3.20. The summed E-state index contributed by atoms with van der Waals surface area (Å²) in [7, 11) is 0. The zero-order chi connectivity index (χ0) is 24.7. The molecule has 1 rings (SSSR count). The maximum atomic E-state index is 13.6. The predicted molar refractivity (Wildman–Crippen MR) is 149 cm³/mol. The lowest BCUT2D eigenvalue weighted by Crippen LogP contribution is -2.34. The van der Waals surface area contributed by atoms with Gasteiger partial charge in [-0.3, -0.25) is 4.79 Å². The standard InChI is InChI=1S/C31H46OS/c1-8-14-30(32)31(33-29-19-10-9-11-20-29,23-21-27(6)17-12-15-25(2)3)24-22-28(7)18-13-16-26(4)5/h9-11,15-16,19-22H,8,12-14,17-18,23-24H2,1-7H3/b27-21-,28-22-. The summed E-state index contributed by atoms with van der Waals surface area (Å²) in [5, 5.41) is 0. The molecule has 2 heteroatoms. The summed E-state index contributed by atoms with van der Waals surface area (Å²) in [4.78, 5) is 14.8. The number of ketones is 1. The third kappa shape index (κ3) is 12.3. The normalized spacial score (nSPS) is 12.5. The van der Waals surface area contributed by atoms with Crippen molar-refractivity contribution in [3.8, 4) is 0 Å². The number of carbonyl (C=O) groups is 1. The first-order valence-electron chi connectivity index (χ1n) is 12.5. The van der Waals surface area contributed by atoms with Crippen molar-refractivity contribution in [2.75, 3.05) is 0 Å². The summed E-state index contributed by atoms with van der Waals surface area (Å²) in [6.45, 7) is 15.1. The van der Waals surface area contributed by atoms with E-state index in [-0.39, 0.29) is 0 Å². The second-order valence-corrected chi connectivity index (χ2v) is 11.2. The van der Waals surface area contributed by atoms with Crippen molar-refractivity contribution in [2.45, 2.75) is 109 Å². The minimum Gasteiger partial charge on any atom is -0.298 e. The van der Waals surface area contributed by atoms with Crippen LogP contribution >= 0.6 is 11.8 Å². The van der Waals surface area contributed by atoms with Crippen LogP contribution in [0.5, 0.6) is 0 Å². The molecule has 0 unspecified atom stereocenters. The molecular formula is C31H46OS. The molecular weight excluding hydrogens is 420 g/mol. The van der Waals surface area contributed by atoms with E-state index in [1.165, 1.54) is 27.2 Å².